The molecule has 0 radical (unpaired) electrons. The monoisotopic (exact) mass is 385 g/mol. The van der Waals surface area contributed by atoms with Crippen LogP contribution in [0, 0.1) is 0 Å². The molecule has 2 heterocycles. The van der Waals surface area contributed by atoms with Crippen molar-refractivity contribution in [2.75, 3.05) is 19.6 Å². The Balaban J connectivity index is 1.57. The van der Waals surface area contributed by atoms with Crippen molar-refractivity contribution in [3.05, 3.63) is 42.1 Å². The van der Waals surface area contributed by atoms with Gasteiger partial charge in [-0.1, -0.05) is 35.5 Å². The molecule has 3 rings (SSSR count). The van der Waals surface area contributed by atoms with E-state index in [1.54, 1.807) is 15.9 Å². The molecule has 1 atom stereocenters. The first kappa shape index (κ1) is 19.9. The maximum Gasteiger partial charge on any atom is 0.410 e. The standard InChI is InChI=1S/C21H27N3O4/c1-15-14-23(20(26)27-21(2,3)4)10-11-24(15)19(25)13-17-12-18(28-22-17)16-8-6-5-7-9-16/h5-9,12,15H,10-11,13-14H2,1-4H3/t15-/m0/s1. The molecule has 2 amide bonds. The molecule has 7 nitrogen and oxygen atoms in total. The minimum absolute atomic E-state index is 0.0238. The van der Waals surface area contributed by atoms with Crippen molar-refractivity contribution in [2.24, 2.45) is 0 Å². The fraction of sp³-hybridized carbons (Fsp3) is 0.476. The molecule has 28 heavy (non-hydrogen) atoms. The van der Waals surface area contributed by atoms with E-state index in [0.717, 1.165) is 5.56 Å². The van der Waals surface area contributed by atoms with Crippen LogP contribution in [0.2, 0.25) is 0 Å². The highest BCUT2D eigenvalue weighted by molar-refractivity contribution is 5.79. The number of carbonyl (C=O) groups excluding carboxylic acids is 2. The Morgan fingerprint density at radius 2 is 1.93 bits per heavy atom. The molecule has 0 unspecified atom stereocenters. The van der Waals surface area contributed by atoms with E-state index in [1.165, 1.54) is 0 Å². The summed E-state index contributed by atoms with van der Waals surface area (Å²) in [6.45, 7) is 8.85. The molecule has 1 aromatic heterocycles. The summed E-state index contributed by atoms with van der Waals surface area (Å²) in [6, 6.07) is 11.4. The lowest BCUT2D eigenvalue weighted by molar-refractivity contribution is -0.135. The van der Waals surface area contributed by atoms with Crippen LogP contribution in [0.25, 0.3) is 11.3 Å². The third-order valence-corrected chi connectivity index (χ3v) is 4.55. The van der Waals surface area contributed by atoms with Crippen LogP contribution in [0.5, 0.6) is 0 Å². The van der Waals surface area contributed by atoms with Gasteiger partial charge in [0.05, 0.1) is 12.1 Å². The van der Waals surface area contributed by atoms with Gasteiger partial charge in [0, 0.05) is 37.3 Å². The van der Waals surface area contributed by atoms with Crippen LogP contribution in [0.15, 0.2) is 40.9 Å². The van der Waals surface area contributed by atoms with Crippen LogP contribution >= 0.6 is 0 Å². The third kappa shape index (κ3) is 4.91. The lowest BCUT2D eigenvalue weighted by Crippen LogP contribution is -2.56. The van der Waals surface area contributed by atoms with Gasteiger partial charge in [-0.05, 0) is 27.7 Å². The number of amides is 2. The summed E-state index contributed by atoms with van der Waals surface area (Å²) in [5.74, 6) is 0.621. The number of ether oxygens (including phenoxy) is 1. The Labute approximate surface area is 165 Å². The van der Waals surface area contributed by atoms with E-state index in [0.29, 0.717) is 31.1 Å². The lowest BCUT2D eigenvalue weighted by atomic mass is 10.1. The first-order valence-electron chi connectivity index (χ1n) is 9.51. The second-order valence-electron chi connectivity index (χ2n) is 8.09. The van der Waals surface area contributed by atoms with E-state index in [2.05, 4.69) is 5.16 Å². The molecule has 0 N–H and O–H groups in total. The second kappa shape index (κ2) is 8.04. The van der Waals surface area contributed by atoms with Gasteiger partial charge >= 0.3 is 6.09 Å². The van der Waals surface area contributed by atoms with E-state index in [4.69, 9.17) is 9.26 Å². The highest BCUT2D eigenvalue weighted by Crippen LogP contribution is 2.21. The Morgan fingerprint density at radius 3 is 2.57 bits per heavy atom. The predicted octanol–water partition coefficient (Wildman–Crippen LogP) is 3.35. The second-order valence-corrected chi connectivity index (χ2v) is 8.09. The summed E-state index contributed by atoms with van der Waals surface area (Å²) >= 11 is 0. The van der Waals surface area contributed by atoms with Crippen molar-refractivity contribution in [3.63, 3.8) is 0 Å². The normalized spacial score (nSPS) is 17.5. The molecule has 0 spiro atoms. The largest absolute Gasteiger partial charge is 0.444 e. The van der Waals surface area contributed by atoms with Crippen LogP contribution in [-0.2, 0) is 16.0 Å². The molecule has 0 saturated carbocycles. The van der Waals surface area contributed by atoms with Crippen LogP contribution in [0.3, 0.4) is 0 Å². The average molecular weight is 385 g/mol. The van der Waals surface area contributed by atoms with E-state index >= 15 is 0 Å². The Kier molecular flexibility index (Phi) is 5.72. The van der Waals surface area contributed by atoms with Gasteiger partial charge in [-0.3, -0.25) is 4.79 Å². The summed E-state index contributed by atoms with van der Waals surface area (Å²) < 4.78 is 10.8. The number of piperazine rings is 1. The predicted molar refractivity (Wildman–Crippen MR) is 105 cm³/mol. The summed E-state index contributed by atoms with van der Waals surface area (Å²) in [5.41, 5.74) is 0.995. The molecule has 1 aliphatic rings. The number of carbonyl (C=O) groups is 2. The van der Waals surface area contributed by atoms with Crippen molar-refractivity contribution in [1.82, 2.24) is 15.0 Å². The molecular weight excluding hydrogens is 358 g/mol. The van der Waals surface area contributed by atoms with E-state index in [-0.39, 0.29) is 24.5 Å². The lowest BCUT2D eigenvalue weighted by Gasteiger charge is -2.40. The van der Waals surface area contributed by atoms with Gasteiger partial charge in [0.1, 0.15) is 5.60 Å². The van der Waals surface area contributed by atoms with Gasteiger partial charge in [-0.15, -0.1) is 0 Å². The fourth-order valence-corrected chi connectivity index (χ4v) is 3.21. The van der Waals surface area contributed by atoms with Crippen molar-refractivity contribution in [1.29, 1.82) is 0 Å². The molecule has 1 aliphatic heterocycles. The Morgan fingerprint density at radius 1 is 1.21 bits per heavy atom. The van der Waals surface area contributed by atoms with Gasteiger partial charge in [0.25, 0.3) is 0 Å². The highest BCUT2D eigenvalue weighted by Gasteiger charge is 2.32. The SMILES string of the molecule is C[C@H]1CN(C(=O)OC(C)(C)C)CCN1C(=O)Cc1cc(-c2ccccc2)on1. The summed E-state index contributed by atoms with van der Waals surface area (Å²) in [7, 11) is 0. The van der Waals surface area contributed by atoms with Gasteiger partial charge in [-0.2, -0.15) is 0 Å². The van der Waals surface area contributed by atoms with Crippen LogP contribution in [0.4, 0.5) is 4.79 Å². The van der Waals surface area contributed by atoms with E-state index in [9.17, 15) is 9.59 Å². The number of nitrogens with zero attached hydrogens (tertiary/aromatic N) is 3. The molecule has 0 bridgehead atoms. The molecule has 150 valence electrons. The van der Waals surface area contributed by atoms with Crippen LogP contribution < -0.4 is 0 Å². The smallest absolute Gasteiger partial charge is 0.410 e. The quantitative estimate of drug-likeness (QED) is 0.810. The number of rotatable bonds is 3. The number of benzene rings is 1. The van der Waals surface area contributed by atoms with Gasteiger partial charge in [0.15, 0.2) is 5.76 Å². The van der Waals surface area contributed by atoms with Gasteiger partial charge in [-0.25, -0.2) is 4.79 Å². The zero-order valence-electron chi connectivity index (χ0n) is 16.8. The van der Waals surface area contributed by atoms with Crippen molar-refractivity contribution < 1.29 is 18.8 Å². The van der Waals surface area contributed by atoms with Gasteiger partial charge < -0.3 is 19.1 Å². The van der Waals surface area contributed by atoms with Crippen molar-refractivity contribution in [3.8, 4) is 11.3 Å². The molecule has 7 heteroatoms. The molecule has 1 fully saturated rings. The summed E-state index contributed by atoms with van der Waals surface area (Å²) in [4.78, 5) is 28.4. The topological polar surface area (TPSA) is 75.9 Å². The molecule has 2 aromatic rings. The van der Waals surface area contributed by atoms with Crippen LogP contribution in [-0.4, -0.2) is 58.2 Å². The highest BCUT2D eigenvalue weighted by atomic mass is 16.6. The zero-order chi connectivity index (χ0) is 20.3. The maximum atomic E-state index is 12.7. The molecular formula is C21H27N3O4. The molecule has 0 aliphatic carbocycles. The average Bonchev–Trinajstić information content (AvgIpc) is 3.09. The summed E-state index contributed by atoms with van der Waals surface area (Å²) in [6.07, 6.45) is -0.164. The minimum Gasteiger partial charge on any atom is -0.444 e. The summed E-state index contributed by atoms with van der Waals surface area (Å²) in [5, 5.41) is 4.03. The first-order valence-corrected chi connectivity index (χ1v) is 9.51. The molecule has 1 saturated heterocycles. The maximum absolute atomic E-state index is 12.7. The van der Waals surface area contributed by atoms with Crippen molar-refractivity contribution in [2.45, 2.75) is 45.8 Å². The number of hydrogen-bond donors (Lipinski definition) is 0. The van der Waals surface area contributed by atoms with Crippen LogP contribution in [0.1, 0.15) is 33.4 Å². The fourth-order valence-electron chi connectivity index (χ4n) is 3.21. The molecule has 1 aromatic carbocycles. The minimum atomic E-state index is -0.531. The van der Waals surface area contributed by atoms with Crippen molar-refractivity contribution >= 4 is 12.0 Å². The Bertz CT molecular complexity index is 826. The van der Waals surface area contributed by atoms with E-state index in [1.807, 2.05) is 58.0 Å². The number of aromatic nitrogens is 1. The van der Waals surface area contributed by atoms with E-state index < -0.39 is 5.60 Å². The Hall–Kier alpha value is -2.83. The van der Waals surface area contributed by atoms with Gasteiger partial charge in [0.2, 0.25) is 5.91 Å². The zero-order valence-corrected chi connectivity index (χ0v) is 16.8. The third-order valence-electron chi connectivity index (χ3n) is 4.55. The number of hydrogen-bond acceptors (Lipinski definition) is 5. The first-order chi connectivity index (χ1) is 13.2.